The maximum Gasteiger partial charge on any atom is 0.214 e. The first-order valence-corrected chi connectivity index (χ1v) is 7.45. The Kier molecular flexibility index (Phi) is 3.69. The SMILES string of the molecule is Nc1cccc(CNS(=O)(=O)C2CCCC2)c1. The zero-order valence-corrected chi connectivity index (χ0v) is 10.5. The third-order valence-electron chi connectivity index (χ3n) is 3.17. The predicted octanol–water partition coefficient (Wildman–Crippen LogP) is 1.63. The molecule has 4 nitrogen and oxygen atoms in total. The smallest absolute Gasteiger partial charge is 0.214 e. The van der Waals surface area contributed by atoms with Crippen LogP contribution in [0.15, 0.2) is 24.3 Å². The number of rotatable bonds is 4. The maximum atomic E-state index is 11.9. The Bertz CT molecular complexity index is 479. The largest absolute Gasteiger partial charge is 0.399 e. The lowest BCUT2D eigenvalue weighted by Crippen LogP contribution is -2.32. The lowest BCUT2D eigenvalue weighted by atomic mass is 10.2. The zero-order valence-electron chi connectivity index (χ0n) is 9.72. The summed E-state index contributed by atoms with van der Waals surface area (Å²) in [6, 6.07) is 7.27. The van der Waals surface area contributed by atoms with Crippen LogP contribution in [-0.2, 0) is 16.6 Å². The van der Waals surface area contributed by atoms with Gasteiger partial charge in [0.05, 0.1) is 5.25 Å². The van der Waals surface area contributed by atoms with Gasteiger partial charge in [0.2, 0.25) is 10.0 Å². The molecule has 1 aliphatic carbocycles. The number of hydrogen-bond donors (Lipinski definition) is 2. The van der Waals surface area contributed by atoms with Crippen LogP contribution in [0.5, 0.6) is 0 Å². The van der Waals surface area contributed by atoms with Gasteiger partial charge >= 0.3 is 0 Å². The second-order valence-electron chi connectivity index (χ2n) is 4.52. The van der Waals surface area contributed by atoms with Gasteiger partial charge in [0.1, 0.15) is 0 Å². The summed E-state index contributed by atoms with van der Waals surface area (Å²) < 4.78 is 26.6. The molecule has 5 heteroatoms. The van der Waals surface area contributed by atoms with E-state index in [2.05, 4.69) is 4.72 Å². The Morgan fingerprint density at radius 2 is 2.00 bits per heavy atom. The van der Waals surface area contributed by atoms with Crippen molar-refractivity contribution in [3.63, 3.8) is 0 Å². The molecule has 0 radical (unpaired) electrons. The highest BCUT2D eigenvalue weighted by atomic mass is 32.2. The van der Waals surface area contributed by atoms with Crippen LogP contribution in [0.3, 0.4) is 0 Å². The lowest BCUT2D eigenvalue weighted by molar-refractivity contribution is 0.564. The van der Waals surface area contributed by atoms with Gasteiger partial charge < -0.3 is 5.73 Å². The first-order valence-electron chi connectivity index (χ1n) is 5.91. The first-order chi connectivity index (χ1) is 8.08. The van der Waals surface area contributed by atoms with Crippen molar-refractivity contribution in [2.45, 2.75) is 37.5 Å². The molecule has 0 unspecified atom stereocenters. The highest BCUT2D eigenvalue weighted by molar-refractivity contribution is 7.90. The Morgan fingerprint density at radius 1 is 1.29 bits per heavy atom. The molecule has 0 bridgehead atoms. The molecule has 0 aromatic heterocycles. The standard InChI is InChI=1S/C12H18N2O2S/c13-11-5-3-4-10(8-11)9-14-17(15,16)12-6-1-2-7-12/h3-5,8,12,14H,1-2,6-7,9,13H2. The highest BCUT2D eigenvalue weighted by Gasteiger charge is 2.28. The Labute approximate surface area is 102 Å². The molecule has 0 heterocycles. The van der Waals surface area contributed by atoms with E-state index in [1.54, 1.807) is 12.1 Å². The van der Waals surface area contributed by atoms with Crippen LogP contribution >= 0.6 is 0 Å². The molecule has 0 amide bonds. The van der Waals surface area contributed by atoms with Crippen LogP contribution in [0, 0.1) is 0 Å². The van der Waals surface area contributed by atoms with Crippen molar-refractivity contribution < 1.29 is 8.42 Å². The topological polar surface area (TPSA) is 72.2 Å². The van der Waals surface area contributed by atoms with E-state index in [9.17, 15) is 8.42 Å². The number of sulfonamides is 1. The van der Waals surface area contributed by atoms with E-state index in [1.807, 2.05) is 12.1 Å². The summed E-state index contributed by atoms with van der Waals surface area (Å²) in [5.41, 5.74) is 7.19. The van der Waals surface area contributed by atoms with Gasteiger partial charge in [0, 0.05) is 12.2 Å². The van der Waals surface area contributed by atoms with Crippen molar-refractivity contribution in [3.05, 3.63) is 29.8 Å². The molecular formula is C12H18N2O2S. The van der Waals surface area contributed by atoms with E-state index < -0.39 is 10.0 Å². The molecule has 0 spiro atoms. The van der Waals surface area contributed by atoms with Crippen LogP contribution in [-0.4, -0.2) is 13.7 Å². The van der Waals surface area contributed by atoms with E-state index in [-0.39, 0.29) is 5.25 Å². The highest BCUT2D eigenvalue weighted by Crippen LogP contribution is 2.24. The van der Waals surface area contributed by atoms with E-state index in [4.69, 9.17) is 5.73 Å². The van der Waals surface area contributed by atoms with Crippen molar-refractivity contribution in [1.82, 2.24) is 4.72 Å². The molecule has 1 saturated carbocycles. The lowest BCUT2D eigenvalue weighted by Gasteiger charge is -2.12. The zero-order chi connectivity index (χ0) is 12.3. The quantitative estimate of drug-likeness (QED) is 0.802. The minimum Gasteiger partial charge on any atom is -0.399 e. The van der Waals surface area contributed by atoms with Crippen molar-refractivity contribution >= 4 is 15.7 Å². The molecular weight excluding hydrogens is 236 g/mol. The predicted molar refractivity (Wildman–Crippen MR) is 68.9 cm³/mol. The maximum absolute atomic E-state index is 11.9. The fourth-order valence-corrected chi connectivity index (χ4v) is 3.76. The fourth-order valence-electron chi connectivity index (χ4n) is 2.20. The van der Waals surface area contributed by atoms with Crippen molar-refractivity contribution in [2.75, 3.05) is 5.73 Å². The summed E-state index contributed by atoms with van der Waals surface area (Å²) in [4.78, 5) is 0. The molecule has 2 rings (SSSR count). The number of benzene rings is 1. The van der Waals surface area contributed by atoms with Crippen LogP contribution < -0.4 is 10.5 Å². The number of nitrogens with two attached hydrogens (primary N) is 1. The Morgan fingerprint density at radius 3 is 2.65 bits per heavy atom. The number of anilines is 1. The van der Waals surface area contributed by atoms with Crippen LogP contribution in [0.25, 0.3) is 0 Å². The van der Waals surface area contributed by atoms with Gasteiger partial charge in [0.25, 0.3) is 0 Å². The molecule has 1 aromatic carbocycles. The fraction of sp³-hybridized carbons (Fsp3) is 0.500. The number of nitrogen functional groups attached to an aromatic ring is 1. The third-order valence-corrected chi connectivity index (χ3v) is 5.07. The minimum atomic E-state index is -3.16. The summed E-state index contributed by atoms with van der Waals surface area (Å²) >= 11 is 0. The van der Waals surface area contributed by atoms with Gasteiger partial charge in [-0.2, -0.15) is 0 Å². The second-order valence-corrected chi connectivity index (χ2v) is 6.56. The van der Waals surface area contributed by atoms with Gasteiger partial charge in [-0.15, -0.1) is 0 Å². The van der Waals surface area contributed by atoms with Crippen molar-refractivity contribution in [2.24, 2.45) is 0 Å². The molecule has 17 heavy (non-hydrogen) atoms. The summed E-state index contributed by atoms with van der Waals surface area (Å²) in [7, 11) is -3.16. The minimum absolute atomic E-state index is 0.205. The monoisotopic (exact) mass is 254 g/mol. The molecule has 1 aromatic rings. The molecule has 0 aliphatic heterocycles. The average molecular weight is 254 g/mol. The van der Waals surface area contributed by atoms with E-state index in [0.29, 0.717) is 12.2 Å². The summed E-state index contributed by atoms with van der Waals surface area (Å²) in [5, 5.41) is -0.205. The molecule has 94 valence electrons. The summed E-state index contributed by atoms with van der Waals surface area (Å²) in [6.07, 6.45) is 3.60. The van der Waals surface area contributed by atoms with E-state index >= 15 is 0 Å². The Balaban J connectivity index is 1.97. The van der Waals surface area contributed by atoms with Crippen LogP contribution in [0.1, 0.15) is 31.2 Å². The second kappa shape index (κ2) is 5.06. The third kappa shape index (κ3) is 3.20. The summed E-state index contributed by atoms with van der Waals surface area (Å²) in [5.74, 6) is 0. The Hall–Kier alpha value is -1.07. The molecule has 1 aliphatic rings. The summed E-state index contributed by atoms with van der Waals surface area (Å²) in [6.45, 7) is 0.323. The number of nitrogens with one attached hydrogen (secondary N) is 1. The first kappa shape index (κ1) is 12.4. The molecule has 3 N–H and O–H groups in total. The van der Waals surface area contributed by atoms with Gasteiger partial charge in [0.15, 0.2) is 0 Å². The number of hydrogen-bond acceptors (Lipinski definition) is 3. The van der Waals surface area contributed by atoms with E-state index in [1.165, 1.54) is 0 Å². The van der Waals surface area contributed by atoms with Crippen molar-refractivity contribution in [1.29, 1.82) is 0 Å². The van der Waals surface area contributed by atoms with Gasteiger partial charge in [-0.3, -0.25) is 0 Å². The van der Waals surface area contributed by atoms with Gasteiger partial charge in [-0.25, -0.2) is 13.1 Å². The molecule has 0 atom stereocenters. The normalized spacial score (nSPS) is 17.4. The molecule has 0 saturated heterocycles. The van der Waals surface area contributed by atoms with Gasteiger partial charge in [-0.05, 0) is 30.5 Å². The van der Waals surface area contributed by atoms with Crippen molar-refractivity contribution in [3.8, 4) is 0 Å². The molecule has 1 fully saturated rings. The van der Waals surface area contributed by atoms with Crippen LogP contribution in [0.4, 0.5) is 5.69 Å². The average Bonchev–Trinajstić information content (AvgIpc) is 2.81. The van der Waals surface area contributed by atoms with Gasteiger partial charge in [-0.1, -0.05) is 25.0 Å². The van der Waals surface area contributed by atoms with E-state index in [0.717, 1.165) is 31.2 Å². The van der Waals surface area contributed by atoms with Crippen LogP contribution in [0.2, 0.25) is 0 Å².